The molecule has 0 aromatic carbocycles. The number of ether oxygens (including phenoxy) is 1. The van der Waals surface area contributed by atoms with Gasteiger partial charge in [0.05, 0.1) is 5.69 Å². The lowest BCUT2D eigenvalue weighted by Gasteiger charge is -2.08. The van der Waals surface area contributed by atoms with Crippen LogP contribution in [0.3, 0.4) is 0 Å². The molecule has 3 rings (SSSR count). The van der Waals surface area contributed by atoms with Gasteiger partial charge in [-0.3, -0.25) is 4.79 Å². The minimum Gasteiger partial charge on any atom is -0.453 e. The molecule has 0 atom stereocenters. The van der Waals surface area contributed by atoms with Crippen molar-refractivity contribution in [1.82, 2.24) is 35.3 Å². The average Bonchev–Trinajstić information content (AvgIpc) is 3.11. The summed E-state index contributed by atoms with van der Waals surface area (Å²) in [5, 5.41) is 18.3. The molecule has 10 nitrogen and oxygen atoms in total. The number of nitrogens with one attached hydrogen (secondary N) is 2. The first-order valence-electron chi connectivity index (χ1n) is 7.97. The van der Waals surface area contributed by atoms with Crippen LogP contribution in [0.15, 0.2) is 42.9 Å². The minimum atomic E-state index is -0.255. The number of hydrogen-bond donors (Lipinski definition) is 2. The van der Waals surface area contributed by atoms with E-state index in [-0.39, 0.29) is 18.5 Å². The Hall–Kier alpha value is -3.56. The van der Waals surface area contributed by atoms with Gasteiger partial charge in [0.2, 0.25) is 0 Å². The summed E-state index contributed by atoms with van der Waals surface area (Å²) in [6, 6.07) is 7.35. The van der Waals surface area contributed by atoms with Gasteiger partial charge in [-0.1, -0.05) is 0 Å². The van der Waals surface area contributed by atoms with Crippen LogP contribution in [-0.2, 0) is 4.79 Å². The molecule has 1 amide bonds. The van der Waals surface area contributed by atoms with Gasteiger partial charge in [0.1, 0.15) is 5.82 Å². The number of aryl methyl sites for hydroxylation is 1. The van der Waals surface area contributed by atoms with Gasteiger partial charge in [-0.25, -0.2) is 14.6 Å². The summed E-state index contributed by atoms with van der Waals surface area (Å²) in [6.07, 6.45) is 4.92. The summed E-state index contributed by atoms with van der Waals surface area (Å²) in [5.74, 6) is 0.993. The Bertz CT molecular complexity index is 835. The van der Waals surface area contributed by atoms with Gasteiger partial charge in [-0.15, -0.1) is 10.2 Å². The monoisotopic (exact) mass is 354 g/mol. The van der Waals surface area contributed by atoms with Crippen LogP contribution in [0, 0.1) is 6.92 Å². The van der Waals surface area contributed by atoms with E-state index in [0.717, 1.165) is 5.69 Å². The molecule has 0 saturated heterocycles. The molecule has 0 radical (unpaired) electrons. The second-order valence-corrected chi connectivity index (χ2v) is 5.28. The first-order valence-corrected chi connectivity index (χ1v) is 7.97. The van der Waals surface area contributed by atoms with Crippen LogP contribution >= 0.6 is 0 Å². The molecule has 0 aliphatic rings. The minimum absolute atomic E-state index is 0.137. The third kappa shape index (κ3) is 4.97. The Kier molecular flexibility index (Phi) is 5.65. The maximum atomic E-state index is 11.7. The largest absolute Gasteiger partial charge is 0.453 e. The number of carbonyl (C=O) groups is 1. The molecule has 0 aliphatic carbocycles. The van der Waals surface area contributed by atoms with Crippen LogP contribution in [0.4, 0.5) is 5.82 Å². The zero-order chi connectivity index (χ0) is 18.2. The lowest BCUT2D eigenvalue weighted by Crippen LogP contribution is -2.33. The van der Waals surface area contributed by atoms with Crippen LogP contribution < -0.4 is 15.4 Å². The van der Waals surface area contributed by atoms with E-state index >= 15 is 0 Å². The van der Waals surface area contributed by atoms with Crippen molar-refractivity contribution in [2.24, 2.45) is 0 Å². The van der Waals surface area contributed by atoms with Gasteiger partial charge in [-0.2, -0.15) is 5.10 Å². The van der Waals surface area contributed by atoms with Crippen molar-refractivity contribution in [1.29, 1.82) is 0 Å². The molecular weight excluding hydrogens is 336 g/mol. The van der Waals surface area contributed by atoms with Crippen LogP contribution in [-0.4, -0.2) is 55.5 Å². The number of carbonyl (C=O) groups excluding carboxylic acids is 1. The van der Waals surface area contributed by atoms with Crippen molar-refractivity contribution < 1.29 is 9.53 Å². The predicted molar refractivity (Wildman–Crippen MR) is 92.9 cm³/mol. The van der Waals surface area contributed by atoms with E-state index in [1.54, 1.807) is 29.2 Å². The molecule has 0 spiro atoms. The smallest absolute Gasteiger partial charge is 0.316 e. The Labute approximate surface area is 149 Å². The Morgan fingerprint density at radius 1 is 1.15 bits per heavy atom. The summed E-state index contributed by atoms with van der Waals surface area (Å²) < 4.78 is 6.81. The fourth-order valence-corrected chi connectivity index (χ4v) is 2.02. The highest BCUT2D eigenvalue weighted by molar-refractivity contribution is 5.77. The second kappa shape index (κ2) is 8.51. The standard InChI is InChI=1S/C16H18N8O2/c1-12-5-10-24(23-12)14-4-3-13(21-22-14)17-8-9-18-15(25)11-26-16-19-6-2-7-20-16/h2-7,10H,8-9,11H2,1H3,(H,17,21)(H,18,25). The zero-order valence-corrected chi connectivity index (χ0v) is 14.2. The summed E-state index contributed by atoms with van der Waals surface area (Å²) >= 11 is 0. The van der Waals surface area contributed by atoms with Crippen LogP contribution in [0.25, 0.3) is 5.82 Å². The normalized spacial score (nSPS) is 10.3. The molecule has 2 N–H and O–H groups in total. The molecule has 0 fully saturated rings. The SMILES string of the molecule is Cc1ccn(-c2ccc(NCCNC(=O)COc3ncccn3)nn2)n1. The molecular formula is C16H18N8O2. The summed E-state index contributed by atoms with van der Waals surface area (Å²) in [4.78, 5) is 19.4. The van der Waals surface area contributed by atoms with Gasteiger partial charge in [0.15, 0.2) is 12.4 Å². The van der Waals surface area contributed by atoms with Crippen LogP contribution in [0.2, 0.25) is 0 Å². The average molecular weight is 354 g/mol. The van der Waals surface area contributed by atoms with Crippen molar-refractivity contribution in [2.75, 3.05) is 25.0 Å². The quantitative estimate of drug-likeness (QED) is 0.557. The molecule has 0 aliphatic heterocycles. The third-order valence-electron chi connectivity index (χ3n) is 3.24. The molecule has 0 unspecified atom stereocenters. The van der Waals surface area contributed by atoms with Crippen molar-refractivity contribution in [3.63, 3.8) is 0 Å². The van der Waals surface area contributed by atoms with E-state index in [4.69, 9.17) is 4.74 Å². The highest BCUT2D eigenvalue weighted by Crippen LogP contribution is 2.06. The Morgan fingerprint density at radius 3 is 2.69 bits per heavy atom. The molecule has 3 aromatic rings. The predicted octanol–water partition coefficient (Wildman–Crippen LogP) is 0.368. The van der Waals surface area contributed by atoms with E-state index in [0.29, 0.717) is 24.7 Å². The van der Waals surface area contributed by atoms with E-state index in [1.165, 1.54) is 0 Å². The summed E-state index contributed by atoms with van der Waals surface area (Å²) in [7, 11) is 0. The number of anilines is 1. The number of amides is 1. The fourth-order valence-electron chi connectivity index (χ4n) is 2.02. The molecule has 26 heavy (non-hydrogen) atoms. The number of nitrogens with zero attached hydrogens (tertiary/aromatic N) is 6. The van der Waals surface area contributed by atoms with Gasteiger partial charge in [0, 0.05) is 31.7 Å². The molecule has 0 saturated carbocycles. The molecule has 3 heterocycles. The lowest BCUT2D eigenvalue weighted by atomic mass is 10.4. The second-order valence-electron chi connectivity index (χ2n) is 5.28. The number of rotatable bonds is 8. The van der Waals surface area contributed by atoms with Gasteiger partial charge in [0.25, 0.3) is 5.91 Å². The highest BCUT2D eigenvalue weighted by Gasteiger charge is 2.04. The van der Waals surface area contributed by atoms with Crippen molar-refractivity contribution in [3.05, 3.63) is 48.5 Å². The van der Waals surface area contributed by atoms with Gasteiger partial charge in [-0.05, 0) is 31.2 Å². The first kappa shape index (κ1) is 17.3. The summed E-state index contributed by atoms with van der Waals surface area (Å²) in [5.41, 5.74) is 0.910. The number of aromatic nitrogens is 6. The summed E-state index contributed by atoms with van der Waals surface area (Å²) in [6.45, 7) is 2.69. The van der Waals surface area contributed by atoms with Crippen molar-refractivity contribution in [3.8, 4) is 11.8 Å². The van der Waals surface area contributed by atoms with Crippen molar-refractivity contribution >= 4 is 11.7 Å². The van der Waals surface area contributed by atoms with E-state index in [2.05, 4.69) is 35.9 Å². The van der Waals surface area contributed by atoms with Crippen molar-refractivity contribution in [2.45, 2.75) is 6.92 Å². The van der Waals surface area contributed by atoms with Gasteiger partial charge >= 0.3 is 6.01 Å². The zero-order valence-electron chi connectivity index (χ0n) is 14.2. The van der Waals surface area contributed by atoms with Crippen LogP contribution in [0.1, 0.15) is 5.69 Å². The van der Waals surface area contributed by atoms with E-state index in [1.807, 2.05) is 25.3 Å². The van der Waals surface area contributed by atoms with Crippen LogP contribution in [0.5, 0.6) is 6.01 Å². The fraction of sp³-hybridized carbons (Fsp3) is 0.250. The lowest BCUT2D eigenvalue weighted by molar-refractivity contribution is -0.123. The molecule has 10 heteroatoms. The highest BCUT2D eigenvalue weighted by atomic mass is 16.5. The number of hydrogen-bond acceptors (Lipinski definition) is 8. The Morgan fingerprint density at radius 2 is 2.00 bits per heavy atom. The van der Waals surface area contributed by atoms with E-state index < -0.39 is 0 Å². The van der Waals surface area contributed by atoms with E-state index in [9.17, 15) is 4.79 Å². The van der Waals surface area contributed by atoms with Gasteiger partial charge < -0.3 is 15.4 Å². The maximum absolute atomic E-state index is 11.7. The first-order chi connectivity index (χ1) is 12.7. The Balaban J connectivity index is 1.36. The topological polar surface area (TPSA) is 120 Å². The third-order valence-corrected chi connectivity index (χ3v) is 3.24. The molecule has 3 aromatic heterocycles. The molecule has 134 valence electrons. The maximum Gasteiger partial charge on any atom is 0.316 e. The molecule has 0 bridgehead atoms.